The molecule has 0 aromatic heterocycles. The Hall–Kier alpha value is -0.620. The minimum absolute atomic E-state index is 0.0110. The summed E-state index contributed by atoms with van der Waals surface area (Å²) in [5, 5.41) is 2.98. The summed E-state index contributed by atoms with van der Waals surface area (Å²) < 4.78 is 0.983. The molecule has 1 aromatic carbocycles. The average Bonchev–Trinajstić information content (AvgIpc) is 2.16. The average molecular weight is 316 g/mol. The van der Waals surface area contributed by atoms with Crippen LogP contribution in [0.1, 0.15) is 23.2 Å². The SMILES string of the molecule is NC1CC(NC(=O)c2ccccc2I)C1. The van der Waals surface area contributed by atoms with Gasteiger partial charge in [-0.15, -0.1) is 0 Å². The van der Waals surface area contributed by atoms with Gasteiger partial charge in [-0.2, -0.15) is 0 Å². The molecule has 1 aliphatic rings. The molecule has 1 aliphatic carbocycles. The lowest BCUT2D eigenvalue weighted by molar-refractivity contribution is 0.0909. The Kier molecular flexibility index (Phi) is 3.25. The van der Waals surface area contributed by atoms with Gasteiger partial charge in [0.15, 0.2) is 0 Å². The highest BCUT2D eigenvalue weighted by molar-refractivity contribution is 14.1. The smallest absolute Gasteiger partial charge is 0.252 e. The van der Waals surface area contributed by atoms with Crippen molar-refractivity contribution in [2.75, 3.05) is 0 Å². The van der Waals surface area contributed by atoms with Crippen molar-refractivity contribution in [2.45, 2.75) is 24.9 Å². The van der Waals surface area contributed by atoms with Crippen molar-refractivity contribution in [1.29, 1.82) is 0 Å². The Morgan fingerprint density at radius 3 is 2.67 bits per heavy atom. The molecule has 0 spiro atoms. The number of benzene rings is 1. The van der Waals surface area contributed by atoms with E-state index in [2.05, 4.69) is 27.9 Å². The summed E-state index contributed by atoms with van der Waals surface area (Å²) in [6, 6.07) is 8.12. The number of nitrogens with one attached hydrogen (secondary N) is 1. The van der Waals surface area contributed by atoms with E-state index in [9.17, 15) is 4.79 Å². The molecule has 3 nitrogen and oxygen atoms in total. The highest BCUT2D eigenvalue weighted by Gasteiger charge is 2.27. The zero-order chi connectivity index (χ0) is 10.8. The predicted octanol–water partition coefficient (Wildman–Crippen LogP) is 1.51. The largest absolute Gasteiger partial charge is 0.349 e. The van der Waals surface area contributed by atoms with Gasteiger partial charge in [0.05, 0.1) is 5.56 Å². The summed E-state index contributed by atoms with van der Waals surface area (Å²) in [7, 11) is 0. The number of halogens is 1. The van der Waals surface area contributed by atoms with Crippen LogP contribution < -0.4 is 11.1 Å². The molecule has 15 heavy (non-hydrogen) atoms. The van der Waals surface area contributed by atoms with Gasteiger partial charge in [0.1, 0.15) is 0 Å². The number of hydrogen-bond acceptors (Lipinski definition) is 2. The van der Waals surface area contributed by atoms with E-state index in [1.165, 1.54) is 0 Å². The van der Waals surface area contributed by atoms with Gasteiger partial charge in [-0.25, -0.2) is 0 Å². The highest BCUT2D eigenvalue weighted by Crippen LogP contribution is 2.19. The number of carbonyl (C=O) groups excluding carboxylic acids is 1. The fraction of sp³-hybridized carbons (Fsp3) is 0.364. The van der Waals surface area contributed by atoms with Gasteiger partial charge in [-0.3, -0.25) is 4.79 Å². The molecule has 0 radical (unpaired) electrons. The minimum Gasteiger partial charge on any atom is -0.349 e. The zero-order valence-corrected chi connectivity index (χ0v) is 10.4. The highest BCUT2D eigenvalue weighted by atomic mass is 127. The van der Waals surface area contributed by atoms with E-state index in [0.717, 1.165) is 22.0 Å². The summed E-state index contributed by atoms with van der Waals surface area (Å²) in [5.41, 5.74) is 6.41. The molecule has 0 atom stereocenters. The second-order valence-corrected chi connectivity index (χ2v) is 5.04. The molecule has 4 heteroatoms. The molecule has 1 aromatic rings. The summed E-state index contributed by atoms with van der Waals surface area (Å²) in [4.78, 5) is 11.8. The van der Waals surface area contributed by atoms with Gasteiger partial charge in [-0.05, 0) is 47.6 Å². The van der Waals surface area contributed by atoms with Crippen LogP contribution in [-0.4, -0.2) is 18.0 Å². The number of amides is 1. The Balaban J connectivity index is 1.99. The number of rotatable bonds is 2. The van der Waals surface area contributed by atoms with Crippen molar-refractivity contribution in [3.05, 3.63) is 33.4 Å². The van der Waals surface area contributed by atoms with Gasteiger partial charge in [-0.1, -0.05) is 12.1 Å². The zero-order valence-electron chi connectivity index (χ0n) is 8.24. The van der Waals surface area contributed by atoms with Crippen LogP contribution in [0.25, 0.3) is 0 Å². The summed E-state index contributed by atoms with van der Waals surface area (Å²) >= 11 is 2.17. The molecule has 0 aliphatic heterocycles. The Bertz CT molecular complexity index is 375. The summed E-state index contributed by atoms with van der Waals surface area (Å²) in [6.45, 7) is 0. The number of hydrogen-bond donors (Lipinski definition) is 2. The molecule has 0 unspecified atom stereocenters. The van der Waals surface area contributed by atoms with Gasteiger partial charge in [0.2, 0.25) is 0 Å². The monoisotopic (exact) mass is 316 g/mol. The van der Waals surface area contributed by atoms with Crippen LogP contribution in [0.3, 0.4) is 0 Å². The molecular weight excluding hydrogens is 303 g/mol. The summed E-state index contributed by atoms with van der Waals surface area (Å²) in [5.74, 6) is 0.0110. The fourth-order valence-electron chi connectivity index (χ4n) is 1.69. The lowest BCUT2D eigenvalue weighted by atomic mass is 9.87. The molecule has 1 fully saturated rings. The van der Waals surface area contributed by atoms with Gasteiger partial charge in [0, 0.05) is 15.7 Å². The van der Waals surface area contributed by atoms with Gasteiger partial charge < -0.3 is 11.1 Å². The van der Waals surface area contributed by atoms with Crippen molar-refractivity contribution in [2.24, 2.45) is 5.73 Å². The molecule has 1 amide bonds. The first-order valence-electron chi connectivity index (χ1n) is 4.98. The normalized spacial score (nSPS) is 24.4. The first kappa shape index (κ1) is 10.9. The first-order chi connectivity index (χ1) is 7.16. The van der Waals surface area contributed by atoms with E-state index in [1.54, 1.807) is 0 Å². The standard InChI is InChI=1S/C11H13IN2O/c12-10-4-2-1-3-9(10)11(15)14-8-5-7(13)6-8/h1-4,7-8H,5-6,13H2,(H,14,15). The maximum Gasteiger partial charge on any atom is 0.252 e. The molecular formula is C11H13IN2O. The summed E-state index contributed by atoms with van der Waals surface area (Å²) in [6.07, 6.45) is 1.80. The quantitative estimate of drug-likeness (QED) is 0.813. The van der Waals surface area contributed by atoms with E-state index in [0.29, 0.717) is 0 Å². The van der Waals surface area contributed by atoms with Crippen LogP contribution in [0.2, 0.25) is 0 Å². The minimum atomic E-state index is 0.0110. The van der Waals surface area contributed by atoms with Crippen LogP contribution >= 0.6 is 22.6 Å². The Morgan fingerprint density at radius 2 is 2.07 bits per heavy atom. The van der Waals surface area contributed by atoms with Crippen molar-refractivity contribution >= 4 is 28.5 Å². The third kappa shape index (κ3) is 2.49. The fourth-order valence-corrected chi connectivity index (χ4v) is 2.32. The molecule has 80 valence electrons. The van der Waals surface area contributed by atoms with Crippen molar-refractivity contribution in [3.63, 3.8) is 0 Å². The van der Waals surface area contributed by atoms with Crippen LogP contribution in [0.4, 0.5) is 0 Å². The number of nitrogens with two attached hydrogens (primary N) is 1. The lowest BCUT2D eigenvalue weighted by Crippen LogP contribution is -2.50. The van der Waals surface area contributed by atoms with E-state index in [1.807, 2.05) is 24.3 Å². The molecule has 0 bridgehead atoms. The van der Waals surface area contributed by atoms with Crippen molar-refractivity contribution in [1.82, 2.24) is 5.32 Å². The van der Waals surface area contributed by atoms with Crippen LogP contribution in [0.15, 0.2) is 24.3 Å². The second kappa shape index (κ2) is 4.49. The second-order valence-electron chi connectivity index (χ2n) is 3.88. The van der Waals surface area contributed by atoms with Gasteiger partial charge in [0.25, 0.3) is 5.91 Å². The molecule has 3 N–H and O–H groups in total. The lowest BCUT2D eigenvalue weighted by Gasteiger charge is -2.33. The maximum absolute atomic E-state index is 11.8. The molecule has 2 rings (SSSR count). The van der Waals surface area contributed by atoms with Crippen LogP contribution in [0, 0.1) is 3.57 Å². The molecule has 0 heterocycles. The van der Waals surface area contributed by atoms with E-state index in [-0.39, 0.29) is 18.0 Å². The molecule has 1 saturated carbocycles. The van der Waals surface area contributed by atoms with Gasteiger partial charge >= 0.3 is 0 Å². The van der Waals surface area contributed by atoms with E-state index >= 15 is 0 Å². The third-order valence-electron chi connectivity index (χ3n) is 2.63. The van der Waals surface area contributed by atoms with E-state index in [4.69, 9.17) is 5.73 Å². The Labute approximate surface area is 103 Å². The maximum atomic E-state index is 11.8. The predicted molar refractivity (Wildman–Crippen MR) is 67.6 cm³/mol. The third-order valence-corrected chi connectivity index (χ3v) is 3.57. The van der Waals surface area contributed by atoms with Crippen molar-refractivity contribution in [3.8, 4) is 0 Å². The van der Waals surface area contributed by atoms with Crippen LogP contribution in [0.5, 0.6) is 0 Å². The first-order valence-corrected chi connectivity index (χ1v) is 6.05. The topological polar surface area (TPSA) is 55.1 Å². The Morgan fingerprint density at radius 1 is 1.40 bits per heavy atom. The van der Waals surface area contributed by atoms with Crippen molar-refractivity contribution < 1.29 is 4.79 Å². The van der Waals surface area contributed by atoms with Crippen LogP contribution in [-0.2, 0) is 0 Å². The molecule has 0 saturated heterocycles. The van der Waals surface area contributed by atoms with E-state index < -0.39 is 0 Å². The number of carbonyl (C=O) groups is 1.